The predicted molar refractivity (Wildman–Crippen MR) is 64.9 cm³/mol. The molecule has 96 valence electrons. The van der Waals surface area contributed by atoms with Crippen LogP contribution < -0.4 is 4.74 Å². The second-order valence-corrected chi connectivity index (χ2v) is 4.65. The van der Waals surface area contributed by atoms with Crippen molar-refractivity contribution in [1.29, 1.82) is 0 Å². The van der Waals surface area contributed by atoms with E-state index >= 15 is 0 Å². The Morgan fingerprint density at radius 2 is 2.33 bits per heavy atom. The summed E-state index contributed by atoms with van der Waals surface area (Å²) in [6.45, 7) is 1.83. The van der Waals surface area contributed by atoms with E-state index in [1.54, 1.807) is 6.07 Å². The molecular formula is C14H16O4. The van der Waals surface area contributed by atoms with Gasteiger partial charge in [-0.15, -0.1) is 0 Å². The molecule has 0 aliphatic carbocycles. The van der Waals surface area contributed by atoms with E-state index in [9.17, 15) is 4.79 Å². The van der Waals surface area contributed by atoms with Crippen LogP contribution in [0.15, 0.2) is 18.2 Å². The highest BCUT2D eigenvalue weighted by atomic mass is 16.6. The molecule has 1 atom stereocenters. The number of carbonyl (C=O) groups excluding carboxylic acids is 1. The average Bonchev–Trinajstić information content (AvgIpc) is 3.05. The number of esters is 1. The topological polar surface area (TPSA) is 44.8 Å². The Morgan fingerprint density at radius 1 is 1.39 bits per heavy atom. The van der Waals surface area contributed by atoms with Gasteiger partial charge in [0.25, 0.3) is 0 Å². The lowest BCUT2D eigenvalue weighted by atomic mass is 10.1. The molecule has 0 bridgehead atoms. The van der Waals surface area contributed by atoms with E-state index in [1.807, 2.05) is 12.1 Å². The Morgan fingerprint density at radius 3 is 3.17 bits per heavy atom. The van der Waals surface area contributed by atoms with Gasteiger partial charge in [-0.25, -0.2) is 4.79 Å². The molecule has 4 heteroatoms. The number of fused-ring (bicyclic) bond motifs is 1. The molecule has 1 saturated heterocycles. The van der Waals surface area contributed by atoms with Gasteiger partial charge < -0.3 is 14.2 Å². The molecule has 0 amide bonds. The van der Waals surface area contributed by atoms with Crippen LogP contribution in [-0.2, 0) is 15.9 Å². The normalized spacial score (nSPS) is 21.4. The fourth-order valence-corrected chi connectivity index (χ4v) is 2.34. The summed E-state index contributed by atoms with van der Waals surface area (Å²) < 4.78 is 16.1. The van der Waals surface area contributed by atoms with Crippen molar-refractivity contribution in [2.24, 2.45) is 0 Å². The highest BCUT2D eigenvalue weighted by Gasteiger charge is 2.19. The van der Waals surface area contributed by atoms with Crippen molar-refractivity contribution in [1.82, 2.24) is 0 Å². The summed E-state index contributed by atoms with van der Waals surface area (Å²) in [4.78, 5) is 11.9. The fraction of sp³-hybridized carbons (Fsp3) is 0.500. The van der Waals surface area contributed by atoms with Crippen molar-refractivity contribution in [2.45, 2.75) is 25.4 Å². The number of rotatable bonds is 3. The minimum atomic E-state index is -0.278. The van der Waals surface area contributed by atoms with Crippen LogP contribution in [0.2, 0.25) is 0 Å². The van der Waals surface area contributed by atoms with Crippen LogP contribution in [0.25, 0.3) is 0 Å². The second-order valence-electron chi connectivity index (χ2n) is 4.65. The molecular weight excluding hydrogens is 232 g/mol. The van der Waals surface area contributed by atoms with Crippen molar-refractivity contribution < 1.29 is 19.0 Å². The first-order valence-corrected chi connectivity index (χ1v) is 6.37. The molecule has 0 radical (unpaired) electrons. The maximum Gasteiger partial charge on any atom is 0.338 e. The van der Waals surface area contributed by atoms with Crippen LogP contribution >= 0.6 is 0 Å². The molecule has 2 heterocycles. The molecule has 1 fully saturated rings. The zero-order chi connectivity index (χ0) is 12.4. The van der Waals surface area contributed by atoms with E-state index in [1.165, 1.54) is 0 Å². The summed E-state index contributed by atoms with van der Waals surface area (Å²) in [5.74, 6) is 0.603. The van der Waals surface area contributed by atoms with Crippen LogP contribution in [0.4, 0.5) is 0 Å². The van der Waals surface area contributed by atoms with Crippen LogP contribution in [-0.4, -0.2) is 31.9 Å². The van der Waals surface area contributed by atoms with Gasteiger partial charge in [-0.2, -0.15) is 0 Å². The van der Waals surface area contributed by atoms with E-state index < -0.39 is 0 Å². The third-order valence-electron chi connectivity index (χ3n) is 3.35. The Labute approximate surface area is 106 Å². The lowest BCUT2D eigenvalue weighted by molar-refractivity contribution is 0.0161. The van der Waals surface area contributed by atoms with Crippen LogP contribution in [0.1, 0.15) is 28.8 Å². The fourth-order valence-electron chi connectivity index (χ4n) is 2.34. The molecule has 2 aliphatic heterocycles. The van der Waals surface area contributed by atoms with E-state index in [0.717, 1.165) is 37.2 Å². The summed E-state index contributed by atoms with van der Waals surface area (Å²) in [6.07, 6.45) is 2.97. The molecule has 3 rings (SSSR count). The number of benzene rings is 1. The zero-order valence-corrected chi connectivity index (χ0v) is 10.2. The van der Waals surface area contributed by atoms with Crippen LogP contribution in [0, 0.1) is 0 Å². The molecule has 1 aromatic rings. The van der Waals surface area contributed by atoms with E-state index in [2.05, 4.69) is 0 Å². The summed E-state index contributed by atoms with van der Waals surface area (Å²) in [5.41, 5.74) is 1.68. The zero-order valence-electron chi connectivity index (χ0n) is 10.2. The largest absolute Gasteiger partial charge is 0.493 e. The minimum absolute atomic E-state index is 0.0757. The molecule has 0 N–H and O–H groups in total. The molecule has 1 aromatic carbocycles. The summed E-state index contributed by atoms with van der Waals surface area (Å²) in [7, 11) is 0. The van der Waals surface area contributed by atoms with Crippen molar-refractivity contribution in [3.63, 3.8) is 0 Å². The summed E-state index contributed by atoms with van der Waals surface area (Å²) in [5, 5.41) is 0. The number of hydrogen-bond donors (Lipinski definition) is 0. The standard InChI is InChI=1S/C14H16O4/c15-14(18-9-12-2-1-6-16-12)11-3-4-13-10(8-11)5-7-17-13/h3-4,8,12H,1-2,5-7,9H2. The van der Waals surface area contributed by atoms with Gasteiger partial charge in [-0.1, -0.05) is 0 Å². The lowest BCUT2D eigenvalue weighted by Crippen LogP contribution is -2.17. The van der Waals surface area contributed by atoms with Crippen LogP contribution in [0.5, 0.6) is 5.75 Å². The highest BCUT2D eigenvalue weighted by molar-refractivity contribution is 5.90. The monoisotopic (exact) mass is 248 g/mol. The smallest absolute Gasteiger partial charge is 0.338 e. The SMILES string of the molecule is O=C(OCC1CCCO1)c1ccc2c(c1)CCO2. The Bertz CT molecular complexity index is 449. The Kier molecular flexibility index (Phi) is 3.19. The maximum absolute atomic E-state index is 11.9. The number of carbonyl (C=O) groups is 1. The third kappa shape index (κ3) is 2.34. The summed E-state index contributed by atoms with van der Waals surface area (Å²) >= 11 is 0. The van der Waals surface area contributed by atoms with Crippen molar-refractivity contribution in [3.05, 3.63) is 29.3 Å². The summed E-state index contributed by atoms with van der Waals surface area (Å²) in [6, 6.07) is 5.45. The molecule has 2 aliphatic rings. The molecule has 0 saturated carbocycles. The maximum atomic E-state index is 11.9. The van der Waals surface area contributed by atoms with Gasteiger partial charge in [0.15, 0.2) is 0 Å². The van der Waals surface area contributed by atoms with Crippen molar-refractivity contribution in [2.75, 3.05) is 19.8 Å². The number of hydrogen-bond acceptors (Lipinski definition) is 4. The molecule has 0 aromatic heterocycles. The first-order valence-electron chi connectivity index (χ1n) is 6.37. The first-order chi connectivity index (χ1) is 8.83. The van der Waals surface area contributed by atoms with Gasteiger partial charge in [0, 0.05) is 13.0 Å². The van der Waals surface area contributed by atoms with E-state index in [4.69, 9.17) is 14.2 Å². The van der Waals surface area contributed by atoms with E-state index in [-0.39, 0.29) is 12.1 Å². The highest BCUT2D eigenvalue weighted by Crippen LogP contribution is 2.26. The van der Waals surface area contributed by atoms with E-state index in [0.29, 0.717) is 18.8 Å². The predicted octanol–water partition coefficient (Wildman–Crippen LogP) is 1.96. The van der Waals surface area contributed by atoms with Gasteiger partial charge in [-0.3, -0.25) is 0 Å². The lowest BCUT2D eigenvalue weighted by Gasteiger charge is -2.10. The molecule has 18 heavy (non-hydrogen) atoms. The number of ether oxygens (including phenoxy) is 3. The van der Waals surface area contributed by atoms with Gasteiger partial charge >= 0.3 is 5.97 Å². The quantitative estimate of drug-likeness (QED) is 0.767. The minimum Gasteiger partial charge on any atom is -0.493 e. The van der Waals surface area contributed by atoms with Gasteiger partial charge in [0.2, 0.25) is 0 Å². The first kappa shape index (κ1) is 11.5. The molecule has 4 nitrogen and oxygen atoms in total. The van der Waals surface area contributed by atoms with Crippen molar-refractivity contribution >= 4 is 5.97 Å². The van der Waals surface area contributed by atoms with Crippen molar-refractivity contribution in [3.8, 4) is 5.75 Å². The van der Waals surface area contributed by atoms with Gasteiger partial charge in [0.05, 0.1) is 18.3 Å². The Balaban J connectivity index is 1.61. The molecule has 0 spiro atoms. The van der Waals surface area contributed by atoms with Gasteiger partial charge in [0.1, 0.15) is 12.4 Å². The molecule has 1 unspecified atom stereocenters. The van der Waals surface area contributed by atoms with Crippen LogP contribution in [0.3, 0.4) is 0 Å². The average molecular weight is 248 g/mol. The third-order valence-corrected chi connectivity index (χ3v) is 3.35. The van der Waals surface area contributed by atoms with Gasteiger partial charge in [-0.05, 0) is 36.6 Å². The second kappa shape index (κ2) is 4.98. The Hall–Kier alpha value is -1.55.